The molecule has 0 unspecified atom stereocenters. The Morgan fingerprint density at radius 3 is 2.42 bits per heavy atom. The Morgan fingerprint density at radius 1 is 1.00 bits per heavy atom. The summed E-state index contributed by atoms with van der Waals surface area (Å²) in [5, 5.41) is 0.509. The van der Waals surface area contributed by atoms with E-state index in [0.29, 0.717) is 43.8 Å². The van der Waals surface area contributed by atoms with Crippen LogP contribution in [0.25, 0.3) is 6.08 Å². The summed E-state index contributed by atoms with van der Waals surface area (Å²) in [5.74, 6) is 0.171. The molecule has 0 N–H and O–H groups in total. The summed E-state index contributed by atoms with van der Waals surface area (Å²) >= 11 is 16.5. The maximum atomic E-state index is 13.2. The Hall–Kier alpha value is -2.52. The van der Waals surface area contributed by atoms with E-state index in [-0.39, 0.29) is 29.1 Å². The van der Waals surface area contributed by atoms with E-state index in [1.807, 2.05) is 13.0 Å². The average Bonchev–Trinajstić information content (AvgIpc) is 3.09. The molecule has 0 radical (unpaired) electrons. The molecule has 1 saturated heterocycles. The van der Waals surface area contributed by atoms with E-state index in [4.69, 9.17) is 32.7 Å². The van der Waals surface area contributed by atoms with E-state index in [2.05, 4.69) is 15.9 Å². The van der Waals surface area contributed by atoms with E-state index in [1.165, 1.54) is 12.1 Å². The molecule has 1 heterocycles. The van der Waals surface area contributed by atoms with Crippen LogP contribution in [0.3, 0.4) is 0 Å². The summed E-state index contributed by atoms with van der Waals surface area (Å²) < 4.78 is 25.6. The molecule has 0 aromatic heterocycles. The number of ether oxygens (including phenoxy) is 2. The average molecular weight is 611 g/mol. The Labute approximate surface area is 230 Å². The van der Waals surface area contributed by atoms with Crippen molar-refractivity contribution in [2.75, 3.05) is 6.61 Å². The van der Waals surface area contributed by atoms with E-state index in [0.717, 1.165) is 22.2 Å². The monoisotopic (exact) mass is 609 g/mol. The number of thioether (sulfide) groups is 1. The van der Waals surface area contributed by atoms with Gasteiger partial charge in [0.15, 0.2) is 11.5 Å². The summed E-state index contributed by atoms with van der Waals surface area (Å²) in [6.07, 6.45) is 1.63. The molecule has 1 aliphatic heterocycles. The van der Waals surface area contributed by atoms with Gasteiger partial charge in [0.2, 0.25) is 0 Å². The number of nitrogens with zero attached hydrogens (tertiary/aromatic N) is 1. The number of imide groups is 1. The van der Waals surface area contributed by atoms with E-state index in [1.54, 1.807) is 42.5 Å². The molecule has 2 amide bonds. The lowest BCUT2D eigenvalue weighted by Crippen LogP contribution is -2.27. The highest BCUT2D eigenvalue weighted by molar-refractivity contribution is 9.10. The second-order valence-electron chi connectivity index (χ2n) is 7.69. The van der Waals surface area contributed by atoms with E-state index >= 15 is 0 Å². The zero-order chi connectivity index (χ0) is 25.8. The summed E-state index contributed by atoms with van der Waals surface area (Å²) in [7, 11) is 0. The summed E-state index contributed by atoms with van der Waals surface area (Å²) in [5.41, 5.74) is 2.14. The molecule has 4 rings (SSSR count). The van der Waals surface area contributed by atoms with E-state index in [9.17, 15) is 14.0 Å². The molecule has 0 bridgehead atoms. The quantitative estimate of drug-likeness (QED) is 0.241. The normalized spacial score (nSPS) is 14.6. The number of benzene rings is 3. The third-order valence-corrected chi connectivity index (χ3v) is 7.36. The van der Waals surface area contributed by atoms with Gasteiger partial charge >= 0.3 is 0 Å². The Balaban J connectivity index is 1.54. The van der Waals surface area contributed by atoms with Crippen molar-refractivity contribution in [3.63, 3.8) is 0 Å². The Bertz CT molecular complexity index is 1350. The van der Waals surface area contributed by atoms with Crippen LogP contribution >= 0.6 is 50.9 Å². The number of amides is 2. The first-order valence-electron chi connectivity index (χ1n) is 10.8. The van der Waals surface area contributed by atoms with Gasteiger partial charge in [-0.3, -0.25) is 14.5 Å². The second-order valence-corrected chi connectivity index (χ2v) is 10.4. The summed E-state index contributed by atoms with van der Waals surface area (Å²) in [6.45, 7) is 2.55. The van der Waals surface area contributed by atoms with Crippen LogP contribution in [-0.4, -0.2) is 22.7 Å². The Morgan fingerprint density at radius 2 is 1.72 bits per heavy atom. The fraction of sp³-hybridized carbons (Fsp3) is 0.154. The number of carbonyl (C=O) groups excluding carboxylic acids is 2. The molecule has 5 nitrogen and oxygen atoms in total. The van der Waals surface area contributed by atoms with Crippen LogP contribution in [0.5, 0.6) is 11.5 Å². The van der Waals surface area contributed by atoms with Gasteiger partial charge in [-0.2, -0.15) is 0 Å². The molecule has 1 fully saturated rings. The first-order valence-corrected chi connectivity index (χ1v) is 13.1. The standard InChI is InChI=1S/C26H19BrCl2FNO4S/c1-2-34-22-11-17(9-19(27)24(22)35-14-16-5-8-20(28)21(29)10-16)12-23-25(32)31(26(33)36-23)13-15-3-6-18(30)7-4-15/h3-12H,2,13-14H2,1H3/b23-12-. The smallest absolute Gasteiger partial charge is 0.293 e. The minimum Gasteiger partial charge on any atom is -0.490 e. The fourth-order valence-electron chi connectivity index (χ4n) is 3.42. The maximum absolute atomic E-state index is 13.2. The highest BCUT2D eigenvalue weighted by atomic mass is 79.9. The van der Waals surface area contributed by atoms with Crippen molar-refractivity contribution in [3.05, 3.63) is 96.5 Å². The number of carbonyl (C=O) groups is 2. The van der Waals surface area contributed by atoms with Gasteiger partial charge in [0.25, 0.3) is 11.1 Å². The highest BCUT2D eigenvalue weighted by Crippen LogP contribution is 2.40. The molecule has 36 heavy (non-hydrogen) atoms. The SMILES string of the molecule is CCOc1cc(/C=C2\SC(=O)N(Cc3ccc(F)cc3)C2=O)cc(Br)c1OCc1ccc(Cl)c(Cl)c1. The molecule has 0 atom stereocenters. The van der Waals surface area contributed by atoms with Crippen molar-refractivity contribution in [2.45, 2.75) is 20.1 Å². The lowest BCUT2D eigenvalue weighted by Gasteiger charge is -2.15. The molecular formula is C26H19BrCl2FNO4S. The zero-order valence-corrected chi connectivity index (χ0v) is 22.8. The molecule has 1 aliphatic rings. The van der Waals surface area contributed by atoms with Gasteiger partial charge < -0.3 is 9.47 Å². The van der Waals surface area contributed by atoms with Gasteiger partial charge in [-0.25, -0.2) is 4.39 Å². The van der Waals surface area contributed by atoms with Crippen LogP contribution in [0.1, 0.15) is 23.6 Å². The van der Waals surface area contributed by atoms with Crippen molar-refractivity contribution in [3.8, 4) is 11.5 Å². The zero-order valence-electron chi connectivity index (χ0n) is 18.9. The molecule has 0 spiro atoms. The number of halogens is 4. The lowest BCUT2D eigenvalue weighted by molar-refractivity contribution is -0.123. The van der Waals surface area contributed by atoms with Gasteiger partial charge in [0.05, 0.1) is 32.6 Å². The second kappa shape index (κ2) is 11.7. The molecule has 186 valence electrons. The van der Waals surface area contributed by atoms with Crippen molar-refractivity contribution in [2.24, 2.45) is 0 Å². The number of hydrogen-bond acceptors (Lipinski definition) is 5. The van der Waals surface area contributed by atoms with Crippen LogP contribution in [0.2, 0.25) is 10.0 Å². The summed E-state index contributed by atoms with van der Waals surface area (Å²) in [4.78, 5) is 26.8. The van der Waals surface area contributed by atoms with Crippen LogP contribution in [0.4, 0.5) is 9.18 Å². The van der Waals surface area contributed by atoms with Crippen LogP contribution < -0.4 is 9.47 Å². The van der Waals surface area contributed by atoms with Crippen LogP contribution in [0.15, 0.2) is 64.0 Å². The topological polar surface area (TPSA) is 55.8 Å². The minimum absolute atomic E-state index is 0.0671. The van der Waals surface area contributed by atoms with Crippen LogP contribution in [0, 0.1) is 5.82 Å². The van der Waals surface area contributed by atoms with Crippen LogP contribution in [-0.2, 0) is 17.9 Å². The maximum Gasteiger partial charge on any atom is 0.293 e. The third-order valence-electron chi connectivity index (χ3n) is 5.12. The summed E-state index contributed by atoms with van der Waals surface area (Å²) in [6, 6.07) is 14.5. The molecule has 0 saturated carbocycles. The molecular weight excluding hydrogens is 592 g/mol. The van der Waals surface area contributed by atoms with Gasteiger partial charge in [-0.05, 0) is 93.8 Å². The van der Waals surface area contributed by atoms with Crippen molar-refractivity contribution < 1.29 is 23.5 Å². The van der Waals surface area contributed by atoms with Crippen molar-refractivity contribution >= 4 is 68.1 Å². The van der Waals surface area contributed by atoms with Gasteiger partial charge in [-0.1, -0.05) is 41.4 Å². The van der Waals surface area contributed by atoms with Crippen molar-refractivity contribution in [1.82, 2.24) is 4.90 Å². The molecule has 10 heteroatoms. The predicted molar refractivity (Wildman–Crippen MR) is 144 cm³/mol. The third kappa shape index (κ3) is 6.24. The fourth-order valence-corrected chi connectivity index (χ4v) is 5.15. The van der Waals surface area contributed by atoms with Gasteiger partial charge in [0, 0.05) is 0 Å². The molecule has 3 aromatic rings. The van der Waals surface area contributed by atoms with Crippen molar-refractivity contribution in [1.29, 1.82) is 0 Å². The number of hydrogen-bond donors (Lipinski definition) is 0. The first-order chi connectivity index (χ1) is 17.2. The number of rotatable bonds is 8. The largest absolute Gasteiger partial charge is 0.490 e. The molecule has 0 aliphatic carbocycles. The highest BCUT2D eigenvalue weighted by Gasteiger charge is 2.35. The van der Waals surface area contributed by atoms with Gasteiger partial charge in [-0.15, -0.1) is 0 Å². The minimum atomic E-state index is -0.414. The van der Waals surface area contributed by atoms with Gasteiger partial charge in [0.1, 0.15) is 12.4 Å². The lowest BCUT2D eigenvalue weighted by atomic mass is 10.1. The Kier molecular flexibility index (Phi) is 8.62. The molecule has 3 aromatic carbocycles. The van der Waals surface area contributed by atoms with E-state index < -0.39 is 5.91 Å². The first kappa shape index (κ1) is 26.5. The predicted octanol–water partition coefficient (Wildman–Crippen LogP) is 8.11.